The van der Waals surface area contributed by atoms with Gasteiger partial charge in [0.05, 0.1) is 18.5 Å². The summed E-state index contributed by atoms with van der Waals surface area (Å²) in [5.41, 5.74) is 3.39. The van der Waals surface area contributed by atoms with E-state index >= 15 is 0 Å². The number of nitrogens with one attached hydrogen (secondary N) is 1. The molecule has 1 aliphatic rings. The van der Waals surface area contributed by atoms with Crippen LogP contribution < -0.4 is 5.32 Å². The Hall–Kier alpha value is -2.63. The highest BCUT2D eigenvalue weighted by Crippen LogP contribution is 2.30. The molecule has 0 spiro atoms. The molecule has 1 unspecified atom stereocenters. The molecule has 1 fully saturated rings. The first-order valence-electron chi connectivity index (χ1n) is 9.00. The molecule has 3 rings (SSSR count). The van der Waals surface area contributed by atoms with Crippen LogP contribution in [0.1, 0.15) is 47.4 Å². The van der Waals surface area contributed by atoms with Gasteiger partial charge in [-0.25, -0.2) is 9.48 Å². The molecule has 2 aromatic rings. The van der Waals surface area contributed by atoms with E-state index in [0.717, 1.165) is 29.9 Å². The van der Waals surface area contributed by atoms with E-state index in [1.54, 1.807) is 12.1 Å². The molecular formula is C20H25N3O3. The van der Waals surface area contributed by atoms with Crippen LogP contribution in [-0.4, -0.2) is 34.8 Å². The van der Waals surface area contributed by atoms with Gasteiger partial charge in [0.2, 0.25) is 0 Å². The molecule has 0 bridgehead atoms. The molecule has 1 aliphatic carbocycles. The minimum Gasteiger partial charge on any atom is -0.467 e. The van der Waals surface area contributed by atoms with Gasteiger partial charge in [-0.3, -0.25) is 4.79 Å². The average Bonchev–Trinajstić information content (AvgIpc) is 2.94. The molecule has 1 N–H and O–H groups in total. The van der Waals surface area contributed by atoms with Gasteiger partial charge in [0.1, 0.15) is 6.04 Å². The summed E-state index contributed by atoms with van der Waals surface area (Å²) in [7, 11) is 1.35. The highest BCUT2D eigenvalue weighted by Gasteiger charge is 2.28. The number of carbonyl (C=O) groups excluding carboxylic acids is 2. The third-order valence-corrected chi connectivity index (χ3v) is 4.97. The summed E-state index contributed by atoms with van der Waals surface area (Å²) in [5.74, 6) is -0.156. The first-order chi connectivity index (χ1) is 12.5. The van der Waals surface area contributed by atoms with Crippen molar-refractivity contribution in [2.24, 2.45) is 5.92 Å². The minimum atomic E-state index is -0.589. The van der Waals surface area contributed by atoms with E-state index in [0.29, 0.717) is 17.9 Å². The molecule has 6 heteroatoms. The van der Waals surface area contributed by atoms with Gasteiger partial charge in [0.15, 0.2) is 0 Å². The second-order valence-corrected chi connectivity index (χ2v) is 6.97. The number of hydrogen-bond acceptors (Lipinski definition) is 4. The van der Waals surface area contributed by atoms with Crippen LogP contribution in [0, 0.1) is 19.8 Å². The number of ether oxygens (including phenoxy) is 1. The zero-order valence-corrected chi connectivity index (χ0v) is 15.5. The molecule has 0 radical (unpaired) electrons. The molecular weight excluding hydrogens is 330 g/mol. The van der Waals surface area contributed by atoms with Crippen molar-refractivity contribution in [1.82, 2.24) is 15.1 Å². The van der Waals surface area contributed by atoms with Gasteiger partial charge < -0.3 is 10.1 Å². The van der Waals surface area contributed by atoms with E-state index < -0.39 is 6.04 Å². The summed E-state index contributed by atoms with van der Waals surface area (Å²) in [6, 6.07) is 8.62. The van der Waals surface area contributed by atoms with Gasteiger partial charge in [0.25, 0.3) is 5.91 Å². The molecule has 1 saturated carbocycles. The van der Waals surface area contributed by atoms with Crippen LogP contribution in [0.2, 0.25) is 0 Å². The predicted molar refractivity (Wildman–Crippen MR) is 98.3 cm³/mol. The van der Waals surface area contributed by atoms with E-state index in [4.69, 9.17) is 4.74 Å². The number of amides is 1. The fraction of sp³-hybridized carbons (Fsp3) is 0.450. The Kier molecular flexibility index (Phi) is 5.40. The van der Waals surface area contributed by atoms with Crippen molar-refractivity contribution in [3.8, 4) is 5.69 Å². The standard InChI is InChI=1S/C20H25N3O3/c1-13-11-14(2)23(22-13)17-9-7-16(8-10-17)19(24)21-18(20(25)26-3)12-15-5-4-6-15/h7-11,15,18H,4-6,12H2,1-3H3,(H,21,24). The van der Waals surface area contributed by atoms with Crippen LogP contribution in [0.25, 0.3) is 5.69 Å². The van der Waals surface area contributed by atoms with Gasteiger partial charge in [-0.1, -0.05) is 19.3 Å². The molecule has 1 amide bonds. The Labute approximate surface area is 153 Å². The maximum Gasteiger partial charge on any atom is 0.328 e. The Morgan fingerprint density at radius 1 is 1.27 bits per heavy atom. The number of benzene rings is 1. The first-order valence-corrected chi connectivity index (χ1v) is 9.00. The molecule has 6 nitrogen and oxygen atoms in total. The van der Waals surface area contributed by atoms with Crippen molar-refractivity contribution in [3.05, 3.63) is 47.3 Å². The highest BCUT2D eigenvalue weighted by atomic mass is 16.5. The summed E-state index contributed by atoms with van der Waals surface area (Å²) in [6.45, 7) is 3.93. The summed E-state index contributed by atoms with van der Waals surface area (Å²) in [4.78, 5) is 24.5. The summed E-state index contributed by atoms with van der Waals surface area (Å²) in [5, 5.41) is 7.26. The fourth-order valence-corrected chi connectivity index (χ4v) is 3.30. The zero-order chi connectivity index (χ0) is 18.7. The van der Waals surface area contributed by atoms with Crippen molar-refractivity contribution in [1.29, 1.82) is 0 Å². The van der Waals surface area contributed by atoms with Gasteiger partial charge in [-0.15, -0.1) is 0 Å². The lowest BCUT2D eigenvalue weighted by Crippen LogP contribution is -2.43. The van der Waals surface area contributed by atoms with Crippen LogP contribution in [0.4, 0.5) is 0 Å². The van der Waals surface area contributed by atoms with Gasteiger partial charge in [-0.05, 0) is 56.5 Å². The van der Waals surface area contributed by atoms with Crippen LogP contribution in [0.15, 0.2) is 30.3 Å². The second-order valence-electron chi connectivity index (χ2n) is 6.97. The molecule has 1 aromatic carbocycles. The maximum absolute atomic E-state index is 12.5. The molecule has 0 saturated heterocycles. The SMILES string of the molecule is COC(=O)C(CC1CCC1)NC(=O)c1ccc(-n2nc(C)cc2C)cc1. The largest absolute Gasteiger partial charge is 0.467 e. The van der Waals surface area contributed by atoms with Crippen molar-refractivity contribution in [2.45, 2.75) is 45.6 Å². The number of rotatable bonds is 6. The smallest absolute Gasteiger partial charge is 0.328 e. The van der Waals surface area contributed by atoms with E-state index in [-0.39, 0.29) is 11.9 Å². The quantitative estimate of drug-likeness (QED) is 0.809. The van der Waals surface area contributed by atoms with Crippen molar-refractivity contribution < 1.29 is 14.3 Å². The van der Waals surface area contributed by atoms with Crippen LogP contribution in [0.5, 0.6) is 0 Å². The minimum absolute atomic E-state index is 0.264. The fourth-order valence-electron chi connectivity index (χ4n) is 3.30. The number of nitrogens with zero attached hydrogens (tertiary/aromatic N) is 2. The van der Waals surface area contributed by atoms with Crippen molar-refractivity contribution in [2.75, 3.05) is 7.11 Å². The third kappa shape index (κ3) is 3.95. The monoisotopic (exact) mass is 355 g/mol. The number of methoxy groups -OCH3 is 1. The number of esters is 1. The molecule has 1 atom stereocenters. The Balaban J connectivity index is 1.70. The van der Waals surface area contributed by atoms with E-state index in [2.05, 4.69) is 10.4 Å². The van der Waals surface area contributed by atoms with Gasteiger partial charge in [0, 0.05) is 11.3 Å². The van der Waals surface area contributed by atoms with Crippen LogP contribution in [-0.2, 0) is 9.53 Å². The lowest BCUT2D eigenvalue weighted by molar-refractivity contribution is -0.143. The number of aryl methyl sites for hydroxylation is 2. The number of aromatic nitrogens is 2. The van der Waals surface area contributed by atoms with E-state index in [1.165, 1.54) is 13.5 Å². The molecule has 1 aromatic heterocycles. The summed E-state index contributed by atoms with van der Waals surface area (Å²) >= 11 is 0. The van der Waals surface area contributed by atoms with Crippen LogP contribution >= 0.6 is 0 Å². The molecule has 0 aliphatic heterocycles. The van der Waals surface area contributed by atoms with E-state index in [1.807, 2.05) is 36.7 Å². The number of carbonyl (C=O) groups is 2. The highest BCUT2D eigenvalue weighted by molar-refractivity contribution is 5.96. The van der Waals surface area contributed by atoms with Crippen molar-refractivity contribution in [3.63, 3.8) is 0 Å². The Morgan fingerprint density at radius 3 is 2.46 bits per heavy atom. The second kappa shape index (κ2) is 7.72. The summed E-state index contributed by atoms with van der Waals surface area (Å²) < 4.78 is 6.68. The number of hydrogen-bond donors (Lipinski definition) is 1. The Bertz CT molecular complexity index is 791. The maximum atomic E-state index is 12.5. The molecule has 138 valence electrons. The van der Waals surface area contributed by atoms with Gasteiger partial charge in [-0.2, -0.15) is 5.10 Å². The molecule has 1 heterocycles. The zero-order valence-electron chi connectivity index (χ0n) is 15.5. The topological polar surface area (TPSA) is 73.2 Å². The normalized spacial score (nSPS) is 15.2. The van der Waals surface area contributed by atoms with Crippen molar-refractivity contribution >= 4 is 11.9 Å². The Morgan fingerprint density at radius 2 is 1.96 bits per heavy atom. The van der Waals surface area contributed by atoms with E-state index in [9.17, 15) is 9.59 Å². The lowest BCUT2D eigenvalue weighted by atomic mass is 9.81. The lowest BCUT2D eigenvalue weighted by Gasteiger charge is -2.28. The average molecular weight is 355 g/mol. The first kappa shape index (κ1) is 18.2. The predicted octanol–water partition coefficient (Wildman–Crippen LogP) is 2.95. The third-order valence-electron chi connectivity index (χ3n) is 4.97. The van der Waals surface area contributed by atoms with Gasteiger partial charge >= 0.3 is 5.97 Å². The molecule has 26 heavy (non-hydrogen) atoms. The summed E-state index contributed by atoms with van der Waals surface area (Å²) in [6.07, 6.45) is 4.06. The van der Waals surface area contributed by atoms with Crippen LogP contribution in [0.3, 0.4) is 0 Å².